The van der Waals surface area contributed by atoms with Crippen LogP contribution in [0.5, 0.6) is 0 Å². The van der Waals surface area contributed by atoms with Crippen molar-refractivity contribution in [2.45, 2.75) is 72.3 Å². The number of nitrogens with zero attached hydrogens (tertiary/aromatic N) is 1. The molecule has 1 aromatic heterocycles. The molecule has 2 atom stereocenters. The number of aromatic nitrogens is 1. The molecule has 0 saturated carbocycles. The summed E-state index contributed by atoms with van der Waals surface area (Å²) in [5.74, 6) is 1.52. The maximum Gasteiger partial charge on any atom is 0.169 e. The van der Waals surface area contributed by atoms with E-state index in [0.717, 1.165) is 5.92 Å². The Hall–Kier alpha value is -0.850. The third kappa shape index (κ3) is 4.80. The third-order valence-electron chi connectivity index (χ3n) is 4.11. The fourth-order valence-corrected chi connectivity index (χ4v) is 2.37. The Bertz CT molecular complexity index is 315. The molecule has 1 aromatic rings. The third-order valence-corrected chi connectivity index (χ3v) is 4.11. The van der Waals surface area contributed by atoms with Crippen LogP contribution in [0, 0.1) is 5.92 Å². The predicted octanol–water partition coefficient (Wildman–Crippen LogP) is 4.70. The highest BCUT2D eigenvalue weighted by molar-refractivity contribution is 5.12. The van der Waals surface area contributed by atoms with Crippen LogP contribution in [-0.2, 0) is 6.54 Å². The highest BCUT2D eigenvalue weighted by atomic mass is 14.9. The van der Waals surface area contributed by atoms with Crippen molar-refractivity contribution in [3.63, 3.8) is 0 Å². The van der Waals surface area contributed by atoms with Crippen LogP contribution in [0.15, 0.2) is 24.5 Å². The van der Waals surface area contributed by atoms with Crippen LogP contribution in [-0.4, -0.2) is 0 Å². The number of unbranched alkanes of at least 4 members (excludes halogenated alkanes) is 1. The molecule has 0 fully saturated rings. The number of rotatable bonds is 8. The van der Waals surface area contributed by atoms with Gasteiger partial charge in [-0.1, -0.05) is 40.5 Å². The number of hydrogen-bond acceptors (Lipinski definition) is 0. The molecule has 0 aliphatic carbocycles. The molecule has 1 rings (SSSR count). The monoisotopic (exact) mass is 248 g/mol. The molecule has 2 unspecified atom stereocenters. The zero-order valence-corrected chi connectivity index (χ0v) is 12.7. The second-order valence-electron chi connectivity index (χ2n) is 5.55. The van der Waals surface area contributed by atoms with Crippen LogP contribution < -0.4 is 4.57 Å². The molecule has 18 heavy (non-hydrogen) atoms. The topological polar surface area (TPSA) is 3.88 Å². The Kier molecular flexibility index (Phi) is 7.00. The Labute approximate surface area is 113 Å². The van der Waals surface area contributed by atoms with Crippen LogP contribution in [0.4, 0.5) is 0 Å². The van der Waals surface area contributed by atoms with Gasteiger partial charge in [0, 0.05) is 18.1 Å². The van der Waals surface area contributed by atoms with Crippen molar-refractivity contribution in [2.75, 3.05) is 0 Å². The summed E-state index contributed by atoms with van der Waals surface area (Å²) < 4.78 is 2.36. The van der Waals surface area contributed by atoms with Crippen LogP contribution in [0.3, 0.4) is 0 Å². The van der Waals surface area contributed by atoms with E-state index in [9.17, 15) is 0 Å². The fourth-order valence-electron chi connectivity index (χ4n) is 2.37. The Morgan fingerprint density at radius 3 is 2.22 bits per heavy atom. The molecule has 1 nitrogen and oxygen atoms in total. The van der Waals surface area contributed by atoms with Crippen molar-refractivity contribution in [2.24, 2.45) is 5.92 Å². The molecule has 1 heterocycles. The zero-order valence-electron chi connectivity index (χ0n) is 12.7. The minimum Gasteiger partial charge on any atom is -0.205 e. The molecular weight excluding hydrogens is 218 g/mol. The van der Waals surface area contributed by atoms with E-state index in [0.29, 0.717) is 5.92 Å². The molecule has 0 amide bonds. The van der Waals surface area contributed by atoms with E-state index in [2.05, 4.69) is 56.8 Å². The predicted molar refractivity (Wildman–Crippen MR) is 78.6 cm³/mol. The lowest BCUT2D eigenvalue weighted by Crippen LogP contribution is -2.36. The van der Waals surface area contributed by atoms with Gasteiger partial charge in [0.2, 0.25) is 0 Å². The van der Waals surface area contributed by atoms with Crippen LogP contribution in [0.2, 0.25) is 0 Å². The SMILES string of the molecule is CCCCC(CC)C[n+]1ccc(C(C)CC)cc1. The van der Waals surface area contributed by atoms with E-state index in [4.69, 9.17) is 0 Å². The van der Waals surface area contributed by atoms with Crippen LogP contribution in [0.1, 0.15) is 71.3 Å². The number of hydrogen-bond donors (Lipinski definition) is 0. The highest BCUT2D eigenvalue weighted by Gasteiger charge is 2.12. The Balaban J connectivity index is 2.56. The van der Waals surface area contributed by atoms with E-state index in [1.54, 1.807) is 0 Å². The molecule has 0 N–H and O–H groups in total. The first-order chi connectivity index (χ1) is 8.71. The van der Waals surface area contributed by atoms with E-state index < -0.39 is 0 Å². The number of pyridine rings is 1. The minimum absolute atomic E-state index is 0.682. The summed E-state index contributed by atoms with van der Waals surface area (Å²) in [6.07, 6.45) is 11.1. The standard InChI is InChI=1S/C17H30N/c1-5-8-9-16(7-3)14-18-12-10-17(11-13-18)15(4)6-2/h10-13,15-16H,5-9,14H2,1-4H3/q+1. The normalized spacial score (nSPS) is 14.4. The molecule has 102 valence electrons. The van der Waals surface area contributed by atoms with Gasteiger partial charge in [0.1, 0.15) is 0 Å². The van der Waals surface area contributed by atoms with Gasteiger partial charge in [0.15, 0.2) is 18.9 Å². The zero-order chi connectivity index (χ0) is 13.4. The summed E-state index contributed by atoms with van der Waals surface area (Å²) in [7, 11) is 0. The molecule has 0 saturated heterocycles. The Morgan fingerprint density at radius 1 is 1.06 bits per heavy atom. The van der Waals surface area contributed by atoms with E-state index in [1.165, 1.54) is 44.2 Å². The summed E-state index contributed by atoms with van der Waals surface area (Å²) in [5, 5.41) is 0. The maximum absolute atomic E-state index is 2.36. The average Bonchev–Trinajstić information content (AvgIpc) is 2.43. The average molecular weight is 248 g/mol. The second kappa shape index (κ2) is 8.29. The molecule has 0 aliphatic heterocycles. The van der Waals surface area contributed by atoms with Crippen molar-refractivity contribution >= 4 is 0 Å². The molecular formula is C17H30N+. The first kappa shape index (κ1) is 15.2. The molecule has 0 radical (unpaired) electrons. The summed E-state index contributed by atoms with van der Waals surface area (Å²) in [4.78, 5) is 0. The quantitative estimate of drug-likeness (QED) is 0.587. The van der Waals surface area contributed by atoms with Crippen LogP contribution in [0.25, 0.3) is 0 Å². The van der Waals surface area contributed by atoms with Crippen molar-refractivity contribution in [1.29, 1.82) is 0 Å². The van der Waals surface area contributed by atoms with Crippen LogP contribution >= 0.6 is 0 Å². The second-order valence-corrected chi connectivity index (χ2v) is 5.55. The van der Waals surface area contributed by atoms with Gasteiger partial charge in [0.25, 0.3) is 0 Å². The fraction of sp³-hybridized carbons (Fsp3) is 0.706. The smallest absolute Gasteiger partial charge is 0.169 e. The van der Waals surface area contributed by atoms with Gasteiger partial charge in [-0.05, 0) is 30.7 Å². The largest absolute Gasteiger partial charge is 0.205 e. The first-order valence-electron chi connectivity index (χ1n) is 7.70. The molecule has 0 aliphatic rings. The summed E-state index contributed by atoms with van der Waals surface area (Å²) in [5.41, 5.74) is 1.47. The van der Waals surface area contributed by atoms with Crippen molar-refractivity contribution < 1.29 is 4.57 Å². The van der Waals surface area contributed by atoms with Crippen molar-refractivity contribution in [3.05, 3.63) is 30.1 Å². The lowest BCUT2D eigenvalue weighted by atomic mass is 9.98. The van der Waals surface area contributed by atoms with Gasteiger partial charge in [-0.15, -0.1) is 0 Å². The maximum atomic E-state index is 2.36. The highest BCUT2D eigenvalue weighted by Crippen LogP contribution is 2.17. The van der Waals surface area contributed by atoms with Gasteiger partial charge in [-0.2, -0.15) is 0 Å². The van der Waals surface area contributed by atoms with Gasteiger partial charge < -0.3 is 0 Å². The summed E-state index contributed by atoms with van der Waals surface area (Å²) >= 11 is 0. The van der Waals surface area contributed by atoms with E-state index in [1.807, 2.05) is 0 Å². The van der Waals surface area contributed by atoms with Gasteiger partial charge in [-0.3, -0.25) is 0 Å². The van der Waals surface area contributed by atoms with Gasteiger partial charge in [-0.25, -0.2) is 4.57 Å². The molecule has 0 aromatic carbocycles. The van der Waals surface area contributed by atoms with E-state index >= 15 is 0 Å². The Morgan fingerprint density at radius 2 is 1.72 bits per heavy atom. The molecule has 1 heteroatoms. The summed E-state index contributed by atoms with van der Waals surface area (Å²) in [6, 6.07) is 4.58. The van der Waals surface area contributed by atoms with Crippen molar-refractivity contribution in [3.8, 4) is 0 Å². The van der Waals surface area contributed by atoms with Gasteiger partial charge >= 0.3 is 0 Å². The minimum atomic E-state index is 0.682. The lowest BCUT2D eigenvalue weighted by molar-refractivity contribution is -0.703. The van der Waals surface area contributed by atoms with Gasteiger partial charge in [0.05, 0.1) is 0 Å². The lowest BCUT2D eigenvalue weighted by Gasteiger charge is -2.11. The summed E-state index contributed by atoms with van der Waals surface area (Å²) in [6.45, 7) is 10.3. The van der Waals surface area contributed by atoms with E-state index in [-0.39, 0.29) is 0 Å². The molecule has 0 spiro atoms. The first-order valence-corrected chi connectivity index (χ1v) is 7.70. The van der Waals surface area contributed by atoms with Crippen molar-refractivity contribution in [1.82, 2.24) is 0 Å². The molecule has 0 bridgehead atoms.